The highest BCUT2D eigenvalue weighted by Crippen LogP contribution is 2.26. The first-order valence-corrected chi connectivity index (χ1v) is 10.0. The van der Waals surface area contributed by atoms with Crippen LogP contribution in [0.15, 0.2) is 47.0 Å². The SMILES string of the molecule is Cc1ccc(-c2noc(CNC(=O)[C@@H](C)Oc3ccc4c(c3)CCCC4)n2)cc1. The Bertz CT molecular complexity index is 995. The van der Waals surface area contributed by atoms with E-state index in [0.29, 0.717) is 11.7 Å². The van der Waals surface area contributed by atoms with E-state index in [1.54, 1.807) is 6.92 Å². The number of benzene rings is 2. The Labute approximate surface area is 170 Å². The normalized spacial score (nSPS) is 14.1. The zero-order valence-corrected chi connectivity index (χ0v) is 16.8. The minimum absolute atomic E-state index is 0.162. The number of nitrogens with one attached hydrogen (secondary N) is 1. The van der Waals surface area contributed by atoms with Gasteiger partial charge in [-0.25, -0.2) is 0 Å². The van der Waals surface area contributed by atoms with Crippen molar-refractivity contribution >= 4 is 5.91 Å². The Morgan fingerprint density at radius 3 is 2.69 bits per heavy atom. The molecule has 0 saturated carbocycles. The van der Waals surface area contributed by atoms with Crippen molar-refractivity contribution in [2.24, 2.45) is 0 Å². The van der Waals surface area contributed by atoms with E-state index >= 15 is 0 Å². The second-order valence-corrected chi connectivity index (χ2v) is 7.49. The third-order valence-corrected chi connectivity index (χ3v) is 5.19. The van der Waals surface area contributed by atoms with Crippen LogP contribution in [0, 0.1) is 6.92 Å². The first kappa shape index (κ1) is 19.2. The summed E-state index contributed by atoms with van der Waals surface area (Å²) in [5.74, 6) is 1.37. The van der Waals surface area contributed by atoms with Crippen LogP contribution >= 0.6 is 0 Å². The lowest BCUT2D eigenvalue weighted by Crippen LogP contribution is -2.36. The maximum absolute atomic E-state index is 12.4. The van der Waals surface area contributed by atoms with Crippen molar-refractivity contribution in [2.45, 2.75) is 52.2 Å². The van der Waals surface area contributed by atoms with Gasteiger partial charge in [-0.15, -0.1) is 0 Å². The van der Waals surface area contributed by atoms with Crippen LogP contribution in [0.2, 0.25) is 0 Å². The second-order valence-electron chi connectivity index (χ2n) is 7.49. The minimum Gasteiger partial charge on any atom is -0.481 e. The number of carbonyl (C=O) groups excluding carboxylic acids is 1. The fourth-order valence-corrected chi connectivity index (χ4v) is 3.49. The smallest absolute Gasteiger partial charge is 0.261 e. The lowest BCUT2D eigenvalue weighted by atomic mass is 9.92. The van der Waals surface area contributed by atoms with Gasteiger partial charge >= 0.3 is 0 Å². The van der Waals surface area contributed by atoms with Gasteiger partial charge in [-0.2, -0.15) is 4.98 Å². The number of aryl methyl sites for hydroxylation is 3. The largest absolute Gasteiger partial charge is 0.481 e. The summed E-state index contributed by atoms with van der Waals surface area (Å²) in [6.45, 7) is 3.92. The molecule has 1 aliphatic carbocycles. The summed E-state index contributed by atoms with van der Waals surface area (Å²) in [6, 6.07) is 14.0. The molecule has 29 heavy (non-hydrogen) atoms. The summed E-state index contributed by atoms with van der Waals surface area (Å²) in [5.41, 5.74) is 4.76. The number of rotatable bonds is 6. The fourth-order valence-electron chi connectivity index (χ4n) is 3.49. The molecule has 0 radical (unpaired) electrons. The zero-order valence-electron chi connectivity index (χ0n) is 16.8. The number of nitrogens with zero attached hydrogens (tertiary/aromatic N) is 2. The van der Waals surface area contributed by atoms with E-state index in [2.05, 4.69) is 27.6 Å². The number of carbonyl (C=O) groups is 1. The van der Waals surface area contributed by atoms with Gasteiger partial charge < -0.3 is 14.6 Å². The third kappa shape index (κ3) is 4.65. The van der Waals surface area contributed by atoms with Crippen molar-refractivity contribution in [2.75, 3.05) is 0 Å². The Balaban J connectivity index is 1.32. The van der Waals surface area contributed by atoms with Crippen LogP contribution in [0.25, 0.3) is 11.4 Å². The summed E-state index contributed by atoms with van der Waals surface area (Å²) < 4.78 is 11.1. The lowest BCUT2D eigenvalue weighted by molar-refractivity contribution is -0.127. The van der Waals surface area contributed by atoms with Gasteiger partial charge in [-0.1, -0.05) is 41.1 Å². The average Bonchev–Trinajstić information content (AvgIpc) is 3.21. The van der Waals surface area contributed by atoms with Gasteiger partial charge in [0.2, 0.25) is 11.7 Å². The Morgan fingerprint density at radius 1 is 1.14 bits per heavy atom. The first-order valence-electron chi connectivity index (χ1n) is 10.0. The third-order valence-electron chi connectivity index (χ3n) is 5.19. The van der Waals surface area contributed by atoms with Gasteiger partial charge in [0.15, 0.2) is 6.10 Å². The molecule has 0 bridgehead atoms. The van der Waals surface area contributed by atoms with Crippen molar-refractivity contribution < 1.29 is 14.1 Å². The van der Waals surface area contributed by atoms with Crippen LogP contribution in [0.1, 0.15) is 42.3 Å². The van der Waals surface area contributed by atoms with E-state index in [1.165, 1.54) is 24.0 Å². The number of ether oxygens (including phenoxy) is 1. The van der Waals surface area contributed by atoms with Crippen molar-refractivity contribution in [1.29, 1.82) is 0 Å². The zero-order chi connectivity index (χ0) is 20.2. The van der Waals surface area contributed by atoms with Crippen LogP contribution in [0.4, 0.5) is 0 Å². The van der Waals surface area contributed by atoms with Gasteiger partial charge in [0.25, 0.3) is 5.91 Å². The van der Waals surface area contributed by atoms with Crippen LogP contribution in [-0.2, 0) is 24.2 Å². The first-order chi connectivity index (χ1) is 14.1. The molecule has 1 N–H and O–H groups in total. The Kier molecular flexibility index (Phi) is 5.60. The molecule has 4 rings (SSSR count). The fraction of sp³-hybridized carbons (Fsp3) is 0.348. The summed E-state index contributed by atoms with van der Waals surface area (Å²) in [7, 11) is 0. The molecule has 0 spiro atoms. The quantitative estimate of drug-likeness (QED) is 0.687. The maximum Gasteiger partial charge on any atom is 0.261 e. The molecule has 6 heteroatoms. The molecule has 1 amide bonds. The molecule has 1 atom stereocenters. The van der Waals surface area contributed by atoms with Crippen LogP contribution in [-0.4, -0.2) is 22.2 Å². The van der Waals surface area contributed by atoms with E-state index < -0.39 is 6.10 Å². The molecule has 0 fully saturated rings. The van der Waals surface area contributed by atoms with Crippen molar-refractivity contribution in [3.8, 4) is 17.1 Å². The molecule has 0 aliphatic heterocycles. The lowest BCUT2D eigenvalue weighted by Gasteiger charge is -2.19. The molecule has 3 aromatic rings. The van der Waals surface area contributed by atoms with Crippen LogP contribution < -0.4 is 10.1 Å². The van der Waals surface area contributed by atoms with Crippen LogP contribution in [0.3, 0.4) is 0 Å². The molecule has 1 aromatic heterocycles. The minimum atomic E-state index is -0.615. The molecule has 2 aromatic carbocycles. The number of hydrogen-bond acceptors (Lipinski definition) is 5. The topological polar surface area (TPSA) is 77.2 Å². The predicted octanol–water partition coefficient (Wildman–Crippen LogP) is 4.01. The Hall–Kier alpha value is -3.15. The molecule has 150 valence electrons. The highest BCUT2D eigenvalue weighted by Gasteiger charge is 2.17. The predicted molar refractivity (Wildman–Crippen MR) is 109 cm³/mol. The molecule has 6 nitrogen and oxygen atoms in total. The van der Waals surface area contributed by atoms with Gasteiger partial charge in [0, 0.05) is 5.56 Å². The monoisotopic (exact) mass is 391 g/mol. The van der Waals surface area contributed by atoms with Crippen molar-refractivity contribution in [1.82, 2.24) is 15.5 Å². The summed E-state index contributed by atoms with van der Waals surface area (Å²) in [4.78, 5) is 16.7. The molecular weight excluding hydrogens is 366 g/mol. The highest BCUT2D eigenvalue weighted by molar-refractivity contribution is 5.80. The molecular formula is C23H25N3O3. The number of hydrogen-bond donors (Lipinski definition) is 1. The molecule has 1 aliphatic rings. The van der Waals surface area contributed by atoms with Gasteiger partial charge in [-0.3, -0.25) is 4.79 Å². The highest BCUT2D eigenvalue weighted by atomic mass is 16.5. The van der Waals surface area contributed by atoms with Crippen molar-refractivity contribution in [3.63, 3.8) is 0 Å². The summed E-state index contributed by atoms with van der Waals surface area (Å²) >= 11 is 0. The Morgan fingerprint density at radius 2 is 1.90 bits per heavy atom. The standard InChI is InChI=1S/C23H25N3O3/c1-15-7-9-18(10-8-15)22-25-21(29-26-22)14-24-23(27)16(2)28-20-12-11-17-5-3-4-6-19(17)13-20/h7-13,16H,3-6,14H2,1-2H3,(H,24,27)/t16-/m1/s1. The summed E-state index contributed by atoms with van der Waals surface area (Å²) in [6.07, 6.45) is 4.04. The van der Waals surface area contributed by atoms with E-state index in [1.807, 2.05) is 37.3 Å². The molecule has 1 heterocycles. The van der Waals surface area contributed by atoms with E-state index in [-0.39, 0.29) is 12.5 Å². The van der Waals surface area contributed by atoms with Gasteiger partial charge in [0.05, 0.1) is 6.54 Å². The average molecular weight is 391 g/mol. The second kappa shape index (κ2) is 8.47. The number of amides is 1. The van der Waals surface area contributed by atoms with E-state index in [9.17, 15) is 4.79 Å². The summed E-state index contributed by atoms with van der Waals surface area (Å²) in [5, 5.41) is 6.77. The van der Waals surface area contributed by atoms with E-state index in [0.717, 1.165) is 29.7 Å². The van der Waals surface area contributed by atoms with Gasteiger partial charge in [-0.05, 0) is 62.8 Å². The number of fused-ring (bicyclic) bond motifs is 1. The molecule has 0 saturated heterocycles. The van der Waals surface area contributed by atoms with Crippen LogP contribution in [0.5, 0.6) is 5.75 Å². The van der Waals surface area contributed by atoms with E-state index in [4.69, 9.17) is 9.26 Å². The maximum atomic E-state index is 12.4. The van der Waals surface area contributed by atoms with Crippen molar-refractivity contribution in [3.05, 3.63) is 65.0 Å². The number of aromatic nitrogens is 2. The van der Waals surface area contributed by atoms with Gasteiger partial charge in [0.1, 0.15) is 5.75 Å². The molecule has 0 unspecified atom stereocenters.